The summed E-state index contributed by atoms with van der Waals surface area (Å²) in [6, 6.07) is 8.55. The van der Waals surface area contributed by atoms with Gasteiger partial charge in [0.05, 0.1) is 17.6 Å². The smallest absolute Gasteiger partial charge is 0.416 e. The first kappa shape index (κ1) is 23.1. The van der Waals surface area contributed by atoms with Gasteiger partial charge in [0.1, 0.15) is 0 Å². The number of carboxylic acid groups (broad SMARTS) is 1. The third kappa shape index (κ3) is 7.30. The molecule has 0 saturated heterocycles. The second-order valence-corrected chi connectivity index (χ2v) is 8.07. The first-order chi connectivity index (χ1) is 13.6. The van der Waals surface area contributed by atoms with E-state index in [1.54, 1.807) is 6.92 Å². The molecule has 29 heavy (non-hydrogen) atoms. The number of carboxylic acids is 1. The van der Waals surface area contributed by atoms with Crippen LogP contribution in [0.4, 0.5) is 13.2 Å². The molecule has 0 aliphatic heterocycles. The molecule has 0 amide bonds. The van der Waals surface area contributed by atoms with E-state index >= 15 is 0 Å². The molecule has 1 aromatic carbocycles. The minimum Gasteiger partial charge on any atom is -0.545 e. The van der Waals surface area contributed by atoms with Crippen LogP contribution >= 0.6 is 11.3 Å². The number of alkyl halides is 3. The summed E-state index contributed by atoms with van der Waals surface area (Å²) in [5, 5.41) is 24.0. The molecule has 2 rings (SSSR count). The first-order valence-electron chi connectivity index (χ1n) is 9.13. The number of hydrogen-bond donors (Lipinski definition) is 2. The summed E-state index contributed by atoms with van der Waals surface area (Å²) < 4.78 is 38.4. The van der Waals surface area contributed by atoms with E-state index in [0.29, 0.717) is 5.57 Å². The van der Waals surface area contributed by atoms with Crippen molar-refractivity contribution in [2.24, 2.45) is 0 Å². The standard InChI is InChI=1S/C21H24F3NO3S/c1-13(10-20(27)28)19-9-8-17(29-19)7-6-14(2)25-12-18(26)15-4-3-5-16(11-15)21(22,23)24/h3-5,8-11,14,18,25-26H,6-7,12H2,1-2H3,(H,27,28)/p-1/b13-10+. The Morgan fingerprint density at radius 1 is 1.31 bits per heavy atom. The lowest BCUT2D eigenvalue weighted by Gasteiger charge is -2.18. The molecule has 0 aliphatic rings. The van der Waals surface area contributed by atoms with E-state index in [-0.39, 0.29) is 18.2 Å². The van der Waals surface area contributed by atoms with Crippen LogP contribution < -0.4 is 10.4 Å². The van der Waals surface area contributed by atoms with Crippen LogP contribution in [0.1, 0.15) is 47.3 Å². The van der Waals surface area contributed by atoms with Gasteiger partial charge in [-0.05, 0) is 68.2 Å². The van der Waals surface area contributed by atoms with Gasteiger partial charge < -0.3 is 20.3 Å². The maximum absolute atomic E-state index is 12.8. The molecule has 0 aliphatic carbocycles. The molecular formula is C21H23F3NO3S-. The molecule has 1 aromatic heterocycles. The maximum Gasteiger partial charge on any atom is 0.416 e. The molecule has 2 aromatic rings. The summed E-state index contributed by atoms with van der Waals surface area (Å²) in [5.41, 5.74) is 0.0767. The van der Waals surface area contributed by atoms with Crippen molar-refractivity contribution >= 4 is 22.9 Å². The van der Waals surface area contributed by atoms with Crippen molar-refractivity contribution in [2.45, 2.75) is 45.0 Å². The molecule has 2 N–H and O–H groups in total. The van der Waals surface area contributed by atoms with Gasteiger partial charge in [0, 0.05) is 22.3 Å². The molecule has 4 nitrogen and oxygen atoms in total. The fraction of sp³-hybridized carbons (Fsp3) is 0.381. The highest BCUT2D eigenvalue weighted by molar-refractivity contribution is 7.13. The number of aryl methyl sites for hydroxylation is 1. The Hall–Kier alpha value is -2.16. The Labute approximate surface area is 171 Å². The Kier molecular flexibility index (Phi) is 8.01. The number of rotatable bonds is 9. The summed E-state index contributed by atoms with van der Waals surface area (Å²) >= 11 is 1.51. The predicted molar refractivity (Wildman–Crippen MR) is 105 cm³/mol. The number of carbonyl (C=O) groups is 1. The average Bonchev–Trinajstić information content (AvgIpc) is 3.12. The number of aliphatic hydroxyl groups is 1. The third-order valence-electron chi connectivity index (χ3n) is 4.47. The van der Waals surface area contributed by atoms with Crippen LogP contribution in [-0.2, 0) is 17.4 Å². The number of benzene rings is 1. The second-order valence-electron chi connectivity index (χ2n) is 6.90. The van der Waals surface area contributed by atoms with Gasteiger partial charge in [0.2, 0.25) is 0 Å². The Morgan fingerprint density at radius 3 is 2.69 bits per heavy atom. The predicted octanol–water partition coefficient (Wildman–Crippen LogP) is 3.56. The van der Waals surface area contributed by atoms with Crippen molar-refractivity contribution in [3.05, 3.63) is 63.4 Å². The molecule has 2 atom stereocenters. The van der Waals surface area contributed by atoms with E-state index in [2.05, 4.69) is 5.32 Å². The lowest BCUT2D eigenvalue weighted by Crippen LogP contribution is -2.30. The number of allylic oxidation sites excluding steroid dienone is 1. The summed E-state index contributed by atoms with van der Waals surface area (Å²) in [6.45, 7) is 3.80. The van der Waals surface area contributed by atoms with E-state index in [1.165, 1.54) is 23.5 Å². The van der Waals surface area contributed by atoms with E-state index in [1.807, 2.05) is 19.1 Å². The Bertz CT molecular complexity index is 861. The van der Waals surface area contributed by atoms with Gasteiger partial charge in [-0.1, -0.05) is 12.1 Å². The van der Waals surface area contributed by atoms with E-state index in [9.17, 15) is 28.2 Å². The third-order valence-corrected chi connectivity index (χ3v) is 5.75. The Balaban J connectivity index is 1.84. The van der Waals surface area contributed by atoms with Crippen molar-refractivity contribution < 1.29 is 28.2 Å². The van der Waals surface area contributed by atoms with Crippen molar-refractivity contribution in [1.82, 2.24) is 5.32 Å². The van der Waals surface area contributed by atoms with Crippen molar-refractivity contribution in [3.8, 4) is 0 Å². The average molecular weight is 426 g/mol. The van der Waals surface area contributed by atoms with E-state index in [4.69, 9.17) is 0 Å². The van der Waals surface area contributed by atoms with Gasteiger partial charge in [-0.2, -0.15) is 13.2 Å². The molecular weight excluding hydrogens is 403 g/mol. The zero-order chi connectivity index (χ0) is 21.6. The lowest BCUT2D eigenvalue weighted by atomic mass is 10.0. The van der Waals surface area contributed by atoms with Crippen molar-refractivity contribution in [2.75, 3.05) is 6.54 Å². The van der Waals surface area contributed by atoms with Crippen LogP contribution in [0.15, 0.2) is 42.5 Å². The van der Waals surface area contributed by atoms with Crippen LogP contribution in [0, 0.1) is 0 Å². The Morgan fingerprint density at radius 2 is 2.03 bits per heavy atom. The number of nitrogens with one attached hydrogen (secondary N) is 1. The fourth-order valence-electron chi connectivity index (χ4n) is 2.79. The van der Waals surface area contributed by atoms with Gasteiger partial charge in [-0.25, -0.2) is 0 Å². The van der Waals surface area contributed by atoms with Gasteiger partial charge in [-0.3, -0.25) is 0 Å². The molecule has 2 unspecified atom stereocenters. The number of halogens is 3. The molecule has 8 heteroatoms. The number of thiophene rings is 1. The molecule has 158 valence electrons. The highest BCUT2D eigenvalue weighted by Gasteiger charge is 2.30. The monoisotopic (exact) mass is 426 g/mol. The molecule has 0 spiro atoms. The first-order valence-corrected chi connectivity index (χ1v) is 9.95. The SMILES string of the molecule is C/C(=C\C(=O)[O-])c1ccc(CCC(C)NCC(O)c2cccc(C(F)(F)F)c2)s1. The molecule has 0 bridgehead atoms. The zero-order valence-electron chi connectivity index (χ0n) is 16.1. The van der Waals surface area contributed by atoms with Gasteiger partial charge in [0.25, 0.3) is 0 Å². The van der Waals surface area contributed by atoms with Crippen LogP contribution in [0.2, 0.25) is 0 Å². The van der Waals surface area contributed by atoms with Crippen LogP contribution in [0.3, 0.4) is 0 Å². The lowest BCUT2D eigenvalue weighted by molar-refractivity contribution is -0.297. The van der Waals surface area contributed by atoms with Gasteiger partial charge >= 0.3 is 6.18 Å². The quantitative estimate of drug-likeness (QED) is 0.602. The van der Waals surface area contributed by atoms with Crippen LogP contribution in [0.25, 0.3) is 5.57 Å². The largest absolute Gasteiger partial charge is 0.545 e. The molecule has 0 fully saturated rings. The number of hydrogen-bond acceptors (Lipinski definition) is 5. The van der Waals surface area contributed by atoms with Crippen molar-refractivity contribution in [1.29, 1.82) is 0 Å². The van der Waals surface area contributed by atoms with Crippen LogP contribution in [0.5, 0.6) is 0 Å². The normalized spacial score (nSPS) is 14.6. The summed E-state index contributed by atoms with van der Waals surface area (Å²) in [6.07, 6.45) is -2.89. The van der Waals surface area contributed by atoms with E-state index < -0.39 is 23.8 Å². The van der Waals surface area contributed by atoms with Crippen molar-refractivity contribution in [3.63, 3.8) is 0 Å². The highest BCUT2D eigenvalue weighted by Crippen LogP contribution is 2.30. The molecule has 1 heterocycles. The summed E-state index contributed by atoms with van der Waals surface area (Å²) in [5.74, 6) is -1.23. The molecule has 0 saturated carbocycles. The summed E-state index contributed by atoms with van der Waals surface area (Å²) in [7, 11) is 0. The molecule has 0 radical (unpaired) electrons. The number of aliphatic carboxylic acids is 1. The minimum atomic E-state index is -4.44. The van der Waals surface area contributed by atoms with Crippen LogP contribution in [-0.4, -0.2) is 23.7 Å². The van der Waals surface area contributed by atoms with Gasteiger partial charge in [0.15, 0.2) is 0 Å². The topological polar surface area (TPSA) is 72.4 Å². The highest BCUT2D eigenvalue weighted by atomic mass is 32.1. The van der Waals surface area contributed by atoms with Gasteiger partial charge in [-0.15, -0.1) is 11.3 Å². The minimum absolute atomic E-state index is 0.0425. The fourth-order valence-corrected chi connectivity index (χ4v) is 3.78. The summed E-state index contributed by atoms with van der Waals surface area (Å²) in [4.78, 5) is 12.6. The number of carbonyl (C=O) groups excluding carboxylic acids is 1. The van der Waals surface area contributed by atoms with E-state index in [0.717, 1.165) is 40.8 Å². The zero-order valence-corrected chi connectivity index (χ0v) is 16.9. The maximum atomic E-state index is 12.8. The number of aliphatic hydroxyl groups excluding tert-OH is 1. The second kappa shape index (κ2) is 10.0.